The molecule has 0 radical (unpaired) electrons. The molecule has 0 saturated heterocycles. The van der Waals surface area contributed by atoms with E-state index in [9.17, 15) is 4.39 Å². The lowest BCUT2D eigenvalue weighted by Crippen LogP contribution is -1.91. The summed E-state index contributed by atoms with van der Waals surface area (Å²) in [5.74, 6) is 0.394. The van der Waals surface area contributed by atoms with Gasteiger partial charge in [-0.1, -0.05) is 29.8 Å². The van der Waals surface area contributed by atoms with Crippen molar-refractivity contribution in [3.05, 3.63) is 50.8 Å². The largest absolute Gasteiger partial charge is 0.496 e. The van der Waals surface area contributed by atoms with E-state index in [0.717, 1.165) is 3.57 Å². The normalized spacial score (nSPS) is 10.4. The molecule has 2 aromatic carbocycles. The third-order valence-electron chi connectivity index (χ3n) is 2.41. The van der Waals surface area contributed by atoms with Crippen LogP contribution in [0.25, 0.3) is 11.1 Å². The Morgan fingerprint density at radius 1 is 1.18 bits per heavy atom. The van der Waals surface area contributed by atoms with Crippen LogP contribution in [0.2, 0.25) is 5.02 Å². The predicted molar refractivity (Wildman–Crippen MR) is 76.1 cm³/mol. The number of halogens is 3. The van der Waals surface area contributed by atoms with Crippen LogP contribution in [0.4, 0.5) is 4.39 Å². The molecule has 0 unspecified atom stereocenters. The summed E-state index contributed by atoms with van der Waals surface area (Å²) < 4.78 is 19.8. The fourth-order valence-electron chi connectivity index (χ4n) is 1.57. The highest BCUT2D eigenvalue weighted by atomic mass is 127. The number of hydrogen-bond donors (Lipinski definition) is 0. The maximum atomic E-state index is 13.7. The van der Waals surface area contributed by atoms with Gasteiger partial charge in [-0.2, -0.15) is 0 Å². The van der Waals surface area contributed by atoms with Crippen molar-refractivity contribution in [2.45, 2.75) is 0 Å². The van der Waals surface area contributed by atoms with Crippen LogP contribution >= 0.6 is 34.2 Å². The first-order chi connectivity index (χ1) is 8.13. The van der Waals surface area contributed by atoms with Gasteiger partial charge in [-0.05, 0) is 40.8 Å². The van der Waals surface area contributed by atoms with E-state index < -0.39 is 0 Å². The van der Waals surface area contributed by atoms with Gasteiger partial charge in [0.05, 0.1) is 10.7 Å². The van der Waals surface area contributed by atoms with Crippen LogP contribution in [-0.4, -0.2) is 7.11 Å². The highest BCUT2D eigenvalue weighted by molar-refractivity contribution is 14.1. The summed E-state index contributed by atoms with van der Waals surface area (Å²) in [6.45, 7) is 0. The number of ether oxygens (including phenoxy) is 1. The second-order valence-corrected chi connectivity index (χ2v) is 5.02. The monoisotopic (exact) mass is 362 g/mol. The topological polar surface area (TPSA) is 9.23 Å². The number of hydrogen-bond acceptors (Lipinski definition) is 1. The van der Waals surface area contributed by atoms with E-state index in [1.165, 1.54) is 6.07 Å². The van der Waals surface area contributed by atoms with E-state index >= 15 is 0 Å². The molecule has 17 heavy (non-hydrogen) atoms. The number of rotatable bonds is 2. The Kier molecular flexibility index (Phi) is 3.89. The Bertz CT molecular complexity index is 557. The van der Waals surface area contributed by atoms with Gasteiger partial charge in [-0.25, -0.2) is 4.39 Å². The molecule has 0 aliphatic carbocycles. The smallest absolute Gasteiger partial charge is 0.132 e. The molecule has 1 nitrogen and oxygen atoms in total. The van der Waals surface area contributed by atoms with Crippen molar-refractivity contribution in [3.63, 3.8) is 0 Å². The van der Waals surface area contributed by atoms with Crippen molar-refractivity contribution in [1.82, 2.24) is 0 Å². The van der Waals surface area contributed by atoms with E-state index in [-0.39, 0.29) is 5.82 Å². The third-order valence-corrected chi connectivity index (χ3v) is 3.56. The van der Waals surface area contributed by atoms with Gasteiger partial charge < -0.3 is 4.74 Å². The average Bonchev–Trinajstić information content (AvgIpc) is 2.31. The van der Waals surface area contributed by atoms with Gasteiger partial charge in [-0.3, -0.25) is 0 Å². The molecule has 0 saturated carbocycles. The molecule has 0 N–H and O–H groups in total. The Morgan fingerprint density at radius 2 is 1.88 bits per heavy atom. The van der Waals surface area contributed by atoms with Crippen LogP contribution in [0.15, 0.2) is 36.4 Å². The van der Waals surface area contributed by atoms with Crippen molar-refractivity contribution >= 4 is 34.2 Å². The fourth-order valence-corrected chi connectivity index (χ4v) is 2.71. The van der Waals surface area contributed by atoms with Gasteiger partial charge in [-0.15, -0.1) is 0 Å². The molecule has 0 amide bonds. The van der Waals surface area contributed by atoms with Crippen molar-refractivity contribution in [3.8, 4) is 16.9 Å². The average molecular weight is 363 g/mol. The van der Waals surface area contributed by atoms with Crippen molar-refractivity contribution in [2.75, 3.05) is 7.11 Å². The summed E-state index contributed by atoms with van der Waals surface area (Å²) >= 11 is 8.27. The molecule has 0 heterocycles. The highest BCUT2D eigenvalue weighted by Crippen LogP contribution is 2.35. The Hall–Kier alpha value is -0.810. The molecule has 0 spiro atoms. The quantitative estimate of drug-likeness (QED) is 0.700. The van der Waals surface area contributed by atoms with Crippen LogP contribution in [0.5, 0.6) is 5.75 Å². The lowest BCUT2D eigenvalue weighted by molar-refractivity contribution is 0.412. The third kappa shape index (κ3) is 2.55. The lowest BCUT2D eigenvalue weighted by Gasteiger charge is -2.10. The molecule has 0 atom stereocenters. The van der Waals surface area contributed by atoms with Gasteiger partial charge in [0.15, 0.2) is 0 Å². The zero-order valence-corrected chi connectivity index (χ0v) is 11.9. The van der Waals surface area contributed by atoms with Crippen molar-refractivity contribution < 1.29 is 9.13 Å². The van der Waals surface area contributed by atoms with Gasteiger partial charge in [0.2, 0.25) is 0 Å². The van der Waals surface area contributed by atoms with Gasteiger partial charge in [0.25, 0.3) is 0 Å². The molecule has 0 fully saturated rings. The molecule has 2 aromatic rings. The van der Waals surface area contributed by atoms with E-state index in [0.29, 0.717) is 21.9 Å². The molecular weight excluding hydrogens is 353 g/mol. The summed E-state index contributed by atoms with van der Waals surface area (Å²) in [7, 11) is 1.58. The van der Waals surface area contributed by atoms with Crippen molar-refractivity contribution in [2.24, 2.45) is 0 Å². The molecule has 0 aliphatic heterocycles. The number of benzene rings is 2. The summed E-state index contributed by atoms with van der Waals surface area (Å²) in [4.78, 5) is 0. The zero-order chi connectivity index (χ0) is 12.4. The van der Waals surface area contributed by atoms with Crippen LogP contribution < -0.4 is 4.74 Å². The summed E-state index contributed by atoms with van der Waals surface area (Å²) in [5, 5.41) is 0.514. The van der Waals surface area contributed by atoms with Crippen LogP contribution in [-0.2, 0) is 0 Å². The van der Waals surface area contributed by atoms with E-state index in [4.69, 9.17) is 16.3 Å². The van der Waals surface area contributed by atoms with Gasteiger partial charge in [0, 0.05) is 16.1 Å². The van der Waals surface area contributed by atoms with Crippen LogP contribution in [0, 0.1) is 9.39 Å². The minimum Gasteiger partial charge on any atom is -0.496 e. The molecule has 0 bridgehead atoms. The molecule has 2 rings (SSSR count). The van der Waals surface area contributed by atoms with E-state index in [1.807, 2.05) is 0 Å². The van der Waals surface area contributed by atoms with Crippen LogP contribution in [0.1, 0.15) is 0 Å². The van der Waals surface area contributed by atoms with Gasteiger partial charge >= 0.3 is 0 Å². The maximum Gasteiger partial charge on any atom is 0.132 e. The predicted octanol–water partition coefficient (Wildman–Crippen LogP) is 4.76. The highest BCUT2D eigenvalue weighted by Gasteiger charge is 2.12. The summed E-state index contributed by atoms with van der Waals surface area (Å²) in [6.07, 6.45) is 0. The standard InChI is InChI=1S/C13H9ClFIO/c1-17-13-6-9(10(14)7-12(13)16)8-4-2-3-5-11(8)15/h2-7H,1H3. The molecule has 0 aliphatic rings. The fraction of sp³-hybridized carbons (Fsp3) is 0.0769. The summed E-state index contributed by atoms with van der Waals surface area (Å²) in [5.41, 5.74) is 1.12. The first-order valence-corrected chi connectivity index (χ1v) is 6.37. The minimum atomic E-state index is -0.294. The minimum absolute atomic E-state index is 0.294. The molecule has 88 valence electrons. The Morgan fingerprint density at radius 3 is 2.53 bits per heavy atom. The lowest BCUT2D eigenvalue weighted by atomic mass is 10.0. The SMILES string of the molecule is COc1cc(-c2ccccc2F)c(Cl)cc1I. The van der Waals surface area contributed by atoms with E-state index in [1.54, 1.807) is 37.4 Å². The second kappa shape index (κ2) is 5.23. The zero-order valence-electron chi connectivity index (χ0n) is 9.01. The van der Waals surface area contributed by atoms with E-state index in [2.05, 4.69) is 22.6 Å². The first-order valence-electron chi connectivity index (χ1n) is 4.91. The van der Waals surface area contributed by atoms with Crippen LogP contribution in [0.3, 0.4) is 0 Å². The Labute approximate surface area is 118 Å². The van der Waals surface area contributed by atoms with Crippen molar-refractivity contribution in [1.29, 1.82) is 0 Å². The Balaban J connectivity index is 2.64. The maximum absolute atomic E-state index is 13.7. The molecule has 4 heteroatoms. The first kappa shape index (κ1) is 12.6. The molecule has 0 aromatic heterocycles. The summed E-state index contributed by atoms with van der Waals surface area (Å²) in [6, 6.07) is 10.1. The molecular formula is C13H9ClFIO. The second-order valence-electron chi connectivity index (χ2n) is 3.45. The van der Waals surface area contributed by atoms with Gasteiger partial charge in [0.1, 0.15) is 11.6 Å². The number of methoxy groups -OCH3 is 1.